The lowest BCUT2D eigenvalue weighted by molar-refractivity contribution is 0.540. The molecule has 1 nitrogen and oxygen atoms in total. The maximum atomic E-state index is 13.7. The monoisotopic (exact) mass is 365 g/mol. The van der Waals surface area contributed by atoms with Gasteiger partial charge < -0.3 is 5.73 Å². The van der Waals surface area contributed by atoms with Crippen LogP contribution in [0.1, 0.15) is 5.56 Å². The maximum Gasteiger partial charge on any atom is 0.144 e. The second-order valence-corrected chi connectivity index (χ2v) is 5.76. The summed E-state index contributed by atoms with van der Waals surface area (Å²) in [6.45, 7) is 0. The lowest BCUT2D eigenvalue weighted by Gasteiger charge is -2.08. The Balaban J connectivity index is 2.28. The molecule has 0 aliphatic carbocycles. The molecule has 0 bridgehead atoms. The Morgan fingerprint density at radius 1 is 1.00 bits per heavy atom. The van der Waals surface area contributed by atoms with E-state index in [2.05, 4.69) is 15.9 Å². The molecule has 0 aliphatic heterocycles. The fourth-order valence-corrected chi connectivity index (χ4v) is 2.88. The van der Waals surface area contributed by atoms with Gasteiger partial charge in [-0.15, -0.1) is 11.8 Å². The molecule has 0 heterocycles. The number of rotatable bonds is 3. The SMILES string of the molecule is Nc1cc(F)c(SCc2c(F)ccc(Br)c2F)c(F)c1. The average molecular weight is 366 g/mol. The van der Waals surface area contributed by atoms with Crippen LogP contribution in [0.3, 0.4) is 0 Å². The standard InChI is InChI=1S/C13H8BrF4NS/c14-8-1-2-9(15)7(12(8)18)5-20-13-10(16)3-6(19)4-11(13)17/h1-4H,5,19H2. The van der Waals surface area contributed by atoms with Gasteiger partial charge in [-0.1, -0.05) is 0 Å². The highest BCUT2D eigenvalue weighted by atomic mass is 79.9. The van der Waals surface area contributed by atoms with Crippen molar-refractivity contribution in [1.82, 2.24) is 0 Å². The van der Waals surface area contributed by atoms with Gasteiger partial charge in [-0.05, 0) is 40.2 Å². The van der Waals surface area contributed by atoms with Gasteiger partial charge in [0.25, 0.3) is 0 Å². The van der Waals surface area contributed by atoms with Gasteiger partial charge in [0, 0.05) is 17.0 Å². The summed E-state index contributed by atoms with van der Waals surface area (Å²) in [7, 11) is 0. The molecule has 0 aromatic heterocycles. The zero-order chi connectivity index (χ0) is 14.9. The van der Waals surface area contributed by atoms with Gasteiger partial charge >= 0.3 is 0 Å². The summed E-state index contributed by atoms with van der Waals surface area (Å²) in [6, 6.07) is 4.22. The highest BCUT2D eigenvalue weighted by Gasteiger charge is 2.16. The number of hydrogen-bond donors (Lipinski definition) is 1. The quantitative estimate of drug-likeness (QED) is 0.363. The molecule has 0 radical (unpaired) electrons. The summed E-state index contributed by atoms with van der Waals surface area (Å²) in [5, 5.41) is 0. The molecule has 7 heteroatoms. The normalized spacial score (nSPS) is 10.8. The number of anilines is 1. The second-order valence-electron chi connectivity index (χ2n) is 3.92. The van der Waals surface area contributed by atoms with Crippen molar-refractivity contribution in [2.45, 2.75) is 10.6 Å². The molecule has 2 N–H and O–H groups in total. The Bertz CT molecular complexity index is 640. The molecule has 0 unspecified atom stereocenters. The zero-order valence-electron chi connectivity index (χ0n) is 9.89. The lowest BCUT2D eigenvalue weighted by Crippen LogP contribution is -1.97. The molecule has 20 heavy (non-hydrogen) atoms. The van der Waals surface area contributed by atoms with Gasteiger partial charge in [-0.2, -0.15) is 0 Å². The first-order valence-electron chi connectivity index (χ1n) is 5.40. The minimum absolute atomic E-state index is 0.0517. The molecule has 0 spiro atoms. The lowest BCUT2D eigenvalue weighted by atomic mass is 10.2. The summed E-state index contributed by atoms with van der Waals surface area (Å²) in [5.74, 6) is -3.51. The summed E-state index contributed by atoms with van der Waals surface area (Å²) < 4.78 is 54.4. The van der Waals surface area contributed by atoms with E-state index in [-0.39, 0.29) is 26.4 Å². The highest BCUT2D eigenvalue weighted by Crippen LogP contribution is 2.32. The maximum absolute atomic E-state index is 13.7. The topological polar surface area (TPSA) is 26.0 Å². The van der Waals surface area contributed by atoms with Gasteiger partial charge in [0.05, 0.1) is 9.37 Å². The van der Waals surface area contributed by atoms with E-state index < -0.39 is 23.3 Å². The fourth-order valence-electron chi connectivity index (χ4n) is 1.56. The largest absolute Gasteiger partial charge is 0.399 e. The predicted octanol–water partition coefficient (Wildman–Crippen LogP) is 4.88. The number of thioether (sulfide) groups is 1. The smallest absolute Gasteiger partial charge is 0.144 e. The third kappa shape index (κ3) is 3.09. The molecule has 0 amide bonds. The van der Waals surface area contributed by atoms with Crippen LogP contribution >= 0.6 is 27.7 Å². The van der Waals surface area contributed by atoms with E-state index in [1.807, 2.05) is 0 Å². The Morgan fingerprint density at radius 2 is 1.60 bits per heavy atom. The molecule has 2 aromatic carbocycles. The Hall–Kier alpha value is -1.21. The highest BCUT2D eigenvalue weighted by molar-refractivity contribution is 9.10. The number of benzene rings is 2. The van der Waals surface area contributed by atoms with Crippen LogP contribution in [0.4, 0.5) is 23.2 Å². The molecule has 0 aliphatic rings. The first-order valence-corrected chi connectivity index (χ1v) is 7.17. The Morgan fingerprint density at radius 3 is 2.20 bits per heavy atom. The minimum Gasteiger partial charge on any atom is -0.399 e. The molecule has 0 atom stereocenters. The minimum atomic E-state index is -0.858. The van der Waals surface area contributed by atoms with Crippen molar-refractivity contribution in [2.24, 2.45) is 0 Å². The van der Waals surface area contributed by atoms with Crippen LogP contribution in [0.15, 0.2) is 33.6 Å². The zero-order valence-corrected chi connectivity index (χ0v) is 12.3. The van der Waals surface area contributed by atoms with Gasteiger partial charge in [0.1, 0.15) is 23.3 Å². The van der Waals surface area contributed by atoms with Gasteiger partial charge in [0.2, 0.25) is 0 Å². The van der Waals surface area contributed by atoms with E-state index in [1.165, 1.54) is 6.07 Å². The fraction of sp³-hybridized carbons (Fsp3) is 0.0769. The Labute approximate surface area is 125 Å². The number of hydrogen-bond acceptors (Lipinski definition) is 2. The van der Waals surface area contributed by atoms with Crippen LogP contribution in [-0.4, -0.2) is 0 Å². The third-order valence-corrected chi connectivity index (χ3v) is 4.24. The van der Waals surface area contributed by atoms with Crippen LogP contribution in [-0.2, 0) is 5.75 Å². The van der Waals surface area contributed by atoms with E-state index in [1.54, 1.807) is 0 Å². The van der Waals surface area contributed by atoms with Crippen LogP contribution in [0.2, 0.25) is 0 Å². The molecule has 106 valence electrons. The summed E-state index contributed by atoms with van der Waals surface area (Å²) in [5.41, 5.74) is 4.99. The van der Waals surface area contributed by atoms with Crippen LogP contribution in [0.25, 0.3) is 0 Å². The van der Waals surface area contributed by atoms with Crippen LogP contribution in [0, 0.1) is 23.3 Å². The van der Waals surface area contributed by atoms with Gasteiger partial charge in [-0.25, -0.2) is 17.6 Å². The molecule has 2 rings (SSSR count). The summed E-state index contributed by atoms with van der Waals surface area (Å²) in [4.78, 5) is -0.321. The van der Waals surface area contributed by atoms with Crippen molar-refractivity contribution in [2.75, 3.05) is 5.73 Å². The summed E-state index contributed by atoms with van der Waals surface area (Å²) in [6.07, 6.45) is 0. The summed E-state index contributed by atoms with van der Waals surface area (Å²) >= 11 is 3.60. The number of nitrogen functional groups attached to an aromatic ring is 1. The predicted molar refractivity (Wildman–Crippen MR) is 74.4 cm³/mol. The number of halogens is 5. The first-order chi connectivity index (χ1) is 9.40. The van der Waals surface area contributed by atoms with Crippen molar-refractivity contribution in [3.63, 3.8) is 0 Å². The molecule has 0 saturated carbocycles. The molecule has 0 fully saturated rings. The van der Waals surface area contributed by atoms with Crippen molar-refractivity contribution in [3.8, 4) is 0 Å². The van der Waals surface area contributed by atoms with Crippen LogP contribution in [0.5, 0.6) is 0 Å². The molecule has 2 aromatic rings. The average Bonchev–Trinajstić information content (AvgIpc) is 2.36. The van der Waals surface area contributed by atoms with Crippen LogP contribution < -0.4 is 5.73 Å². The van der Waals surface area contributed by atoms with Crippen molar-refractivity contribution in [3.05, 3.63) is 57.6 Å². The van der Waals surface area contributed by atoms with Gasteiger partial charge in [-0.3, -0.25) is 0 Å². The van der Waals surface area contributed by atoms with Crippen molar-refractivity contribution in [1.29, 1.82) is 0 Å². The van der Waals surface area contributed by atoms with Crippen molar-refractivity contribution >= 4 is 33.4 Å². The van der Waals surface area contributed by atoms with E-state index in [4.69, 9.17) is 5.73 Å². The Kier molecular flexibility index (Phi) is 4.59. The molecular weight excluding hydrogens is 358 g/mol. The number of nitrogens with two attached hydrogens (primary N) is 1. The molecular formula is C13H8BrF4NS. The third-order valence-electron chi connectivity index (χ3n) is 2.52. The van der Waals surface area contributed by atoms with E-state index in [0.29, 0.717) is 11.8 Å². The van der Waals surface area contributed by atoms with Gasteiger partial charge in [0.15, 0.2) is 0 Å². The van der Waals surface area contributed by atoms with E-state index in [9.17, 15) is 17.6 Å². The van der Waals surface area contributed by atoms with Crippen molar-refractivity contribution < 1.29 is 17.6 Å². The van der Waals surface area contributed by atoms with E-state index >= 15 is 0 Å². The van der Waals surface area contributed by atoms with E-state index in [0.717, 1.165) is 18.2 Å². The molecule has 0 saturated heterocycles. The first kappa shape index (κ1) is 15.2. The second kappa shape index (κ2) is 6.05.